The van der Waals surface area contributed by atoms with Gasteiger partial charge in [-0.15, -0.1) is 11.3 Å². The topological polar surface area (TPSA) is 28.7 Å². The van der Waals surface area contributed by atoms with Crippen LogP contribution in [0.1, 0.15) is 0 Å². The Morgan fingerprint density at radius 1 is 1.12 bits per heavy atom. The number of hydrogen-bond donors (Lipinski definition) is 1. The molecule has 0 fully saturated rings. The van der Waals surface area contributed by atoms with E-state index in [0.29, 0.717) is 0 Å². The van der Waals surface area contributed by atoms with Crippen molar-refractivity contribution < 1.29 is 0 Å². The molecule has 0 bridgehead atoms. The van der Waals surface area contributed by atoms with Crippen LogP contribution in [0.4, 0.5) is 0 Å². The molecule has 0 radical (unpaired) electrons. The van der Waals surface area contributed by atoms with Crippen molar-refractivity contribution in [3.05, 3.63) is 46.5 Å². The van der Waals surface area contributed by atoms with Crippen molar-refractivity contribution in [1.29, 1.82) is 0 Å². The fourth-order valence-electron chi connectivity index (χ4n) is 1.63. The van der Waals surface area contributed by atoms with Gasteiger partial charge in [0.15, 0.2) is 3.95 Å². The zero-order valence-electron chi connectivity index (χ0n) is 8.31. The summed E-state index contributed by atoms with van der Waals surface area (Å²) in [6.45, 7) is 0. The summed E-state index contributed by atoms with van der Waals surface area (Å²) in [6.07, 6.45) is 1.87. The number of aromatic nitrogens is 2. The minimum Gasteiger partial charge on any atom is -0.322 e. The minimum absolute atomic E-state index is 0.771. The predicted molar refractivity (Wildman–Crippen MR) is 70.2 cm³/mol. The van der Waals surface area contributed by atoms with Crippen molar-refractivity contribution in [2.24, 2.45) is 0 Å². The minimum atomic E-state index is 0.771. The van der Waals surface area contributed by atoms with Crippen LogP contribution in [0.15, 0.2) is 42.6 Å². The predicted octanol–water partition coefficient (Wildman–Crippen LogP) is 4.02. The molecule has 0 amide bonds. The Morgan fingerprint density at radius 3 is 2.75 bits per heavy atom. The second-order valence-corrected chi connectivity index (χ2v) is 5.17. The number of nitrogens with one attached hydrogen (secondary N) is 1. The maximum absolute atomic E-state index is 5.10. The zero-order valence-corrected chi connectivity index (χ0v) is 9.94. The largest absolute Gasteiger partial charge is 0.322 e. The lowest BCUT2D eigenvalue weighted by Gasteiger charge is -1.99. The van der Waals surface area contributed by atoms with E-state index in [2.05, 4.69) is 28.2 Å². The first-order valence-corrected chi connectivity index (χ1v) is 6.10. The Labute approximate surface area is 102 Å². The number of H-pyrrole nitrogens is 1. The number of aromatic amines is 1. The molecular formula is C12H8N2S2. The quantitative estimate of drug-likeness (QED) is 0.655. The highest BCUT2D eigenvalue weighted by molar-refractivity contribution is 7.73. The number of hydrogen-bond acceptors (Lipinski definition) is 3. The molecule has 0 aliphatic heterocycles. The molecule has 0 spiro atoms. The monoisotopic (exact) mass is 244 g/mol. The van der Waals surface area contributed by atoms with E-state index >= 15 is 0 Å². The van der Waals surface area contributed by atoms with Crippen LogP contribution >= 0.6 is 23.6 Å². The van der Waals surface area contributed by atoms with Gasteiger partial charge in [-0.1, -0.05) is 30.3 Å². The van der Waals surface area contributed by atoms with Crippen molar-refractivity contribution in [3.8, 4) is 11.1 Å². The molecule has 78 valence electrons. The Balaban J connectivity index is 2.22. The van der Waals surface area contributed by atoms with Crippen LogP contribution in [0, 0.1) is 3.95 Å². The van der Waals surface area contributed by atoms with Crippen molar-refractivity contribution in [2.45, 2.75) is 0 Å². The first-order valence-electron chi connectivity index (χ1n) is 4.87. The Bertz CT molecular complexity index is 683. The third kappa shape index (κ3) is 1.66. The van der Waals surface area contributed by atoms with E-state index in [9.17, 15) is 0 Å². The second-order valence-electron chi connectivity index (χ2n) is 3.45. The van der Waals surface area contributed by atoms with Crippen molar-refractivity contribution in [2.75, 3.05) is 0 Å². The molecule has 1 aromatic carbocycles. The molecule has 0 atom stereocenters. The normalized spacial score (nSPS) is 10.8. The van der Waals surface area contributed by atoms with Crippen LogP contribution in [-0.2, 0) is 0 Å². The van der Waals surface area contributed by atoms with Gasteiger partial charge in [-0.2, -0.15) is 0 Å². The Kier molecular flexibility index (Phi) is 2.31. The van der Waals surface area contributed by atoms with Gasteiger partial charge in [0.25, 0.3) is 0 Å². The fourth-order valence-corrected chi connectivity index (χ4v) is 2.73. The van der Waals surface area contributed by atoms with E-state index in [1.807, 2.05) is 24.4 Å². The van der Waals surface area contributed by atoms with Crippen molar-refractivity contribution in [3.63, 3.8) is 0 Å². The number of pyridine rings is 1. The van der Waals surface area contributed by atoms with E-state index in [4.69, 9.17) is 12.2 Å². The second kappa shape index (κ2) is 3.81. The molecule has 0 unspecified atom stereocenters. The lowest BCUT2D eigenvalue weighted by atomic mass is 10.1. The van der Waals surface area contributed by atoms with Gasteiger partial charge in [-0.05, 0) is 23.8 Å². The van der Waals surface area contributed by atoms with Gasteiger partial charge in [0.2, 0.25) is 0 Å². The van der Waals surface area contributed by atoms with Crippen LogP contribution < -0.4 is 0 Å². The molecule has 4 heteroatoms. The maximum Gasteiger partial charge on any atom is 0.160 e. The van der Waals surface area contributed by atoms with Gasteiger partial charge >= 0.3 is 0 Å². The van der Waals surface area contributed by atoms with E-state index in [0.717, 1.165) is 19.9 Å². The third-order valence-corrected chi connectivity index (χ3v) is 3.55. The molecule has 2 aromatic heterocycles. The SMILES string of the molecule is S=c1[nH]c2ncc(-c3ccccc3)cc2s1. The van der Waals surface area contributed by atoms with Crippen molar-refractivity contribution >= 4 is 33.9 Å². The smallest absolute Gasteiger partial charge is 0.160 e. The standard InChI is InChI=1S/C12H8N2S2/c15-12-14-11-10(16-12)6-9(7-13-11)8-4-2-1-3-5-8/h1-7H,(H,13,14,15). The lowest BCUT2D eigenvalue weighted by Crippen LogP contribution is -1.80. The first-order chi connectivity index (χ1) is 7.83. The fraction of sp³-hybridized carbons (Fsp3) is 0. The summed E-state index contributed by atoms with van der Waals surface area (Å²) in [5.74, 6) is 0. The average molecular weight is 244 g/mol. The molecule has 0 saturated carbocycles. The van der Waals surface area contributed by atoms with Gasteiger partial charge in [-0.3, -0.25) is 0 Å². The van der Waals surface area contributed by atoms with Crippen LogP contribution in [0.25, 0.3) is 21.5 Å². The average Bonchev–Trinajstić information content (AvgIpc) is 2.69. The molecule has 0 aliphatic rings. The summed E-state index contributed by atoms with van der Waals surface area (Å²) in [4.78, 5) is 7.43. The lowest BCUT2D eigenvalue weighted by molar-refractivity contribution is 1.32. The van der Waals surface area contributed by atoms with E-state index in [1.54, 1.807) is 11.3 Å². The van der Waals surface area contributed by atoms with Gasteiger partial charge in [0, 0.05) is 11.8 Å². The summed E-state index contributed by atoms with van der Waals surface area (Å²) in [5, 5.41) is 0. The van der Waals surface area contributed by atoms with Gasteiger partial charge in [0.05, 0.1) is 4.70 Å². The molecule has 0 aliphatic carbocycles. The summed E-state index contributed by atoms with van der Waals surface area (Å²) >= 11 is 6.65. The summed E-state index contributed by atoms with van der Waals surface area (Å²) in [5.41, 5.74) is 3.17. The summed E-state index contributed by atoms with van der Waals surface area (Å²) < 4.78 is 1.87. The number of thiazole rings is 1. The molecular weight excluding hydrogens is 236 g/mol. The van der Waals surface area contributed by atoms with Crippen LogP contribution in [0.3, 0.4) is 0 Å². The van der Waals surface area contributed by atoms with Gasteiger partial charge < -0.3 is 4.98 Å². The van der Waals surface area contributed by atoms with Crippen LogP contribution in [-0.4, -0.2) is 9.97 Å². The van der Waals surface area contributed by atoms with E-state index in [-0.39, 0.29) is 0 Å². The summed E-state index contributed by atoms with van der Waals surface area (Å²) in [7, 11) is 0. The molecule has 0 saturated heterocycles. The summed E-state index contributed by atoms with van der Waals surface area (Å²) in [6, 6.07) is 12.3. The first kappa shape index (κ1) is 9.69. The number of fused-ring (bicyclic) bond motifs is 1. The van der Waals surface area contributed by atoms with Crippen LogP contribution in [0.5, 0.6) is 0 Å². The van der Waals surface area contributed by atoms with E-state index < -0.39 is 0 Å². The number of nitrogens with zero attached hydrogens (tertiary/aromatic N) is 1. The highest BCUT2D eigenvalue weighted by atomic mass is 32.1. The molecule has 1 N–H and O–H groups in total. The van der Waals surface area contributed by atoms with Crippen molar-refractivity contribution in [1.82, 2.24) is 9.97 Å². The highest BCUT2D eigenvalue weighted by Crippen LogP contribution is 2.24. The molecule has 3 aromatic rings. The van der Waals surface area contributed by atoms with E-state index in [1.165, 1.54) is 5.56 Å². The maximum atomic E-state index is 5.10. The molecule has 16 heavy (non-hydrogen) atoms. The Morgan fingerprint density at radius 2 is 1.94 bits per heavy atom. The molecule has 3 rings (SSSR count). The Hall–Kier alpha value is -1.52. The highest BCUT2D eigenvalue weighted by Gasteiger charge is 2.02. The molecule has 2 heterocycles. The van der Waals surface area contributed by atoms with Crippen LogP contribution in [0.2, 0.25) is 0 Å². The van der Waals surface area contributed by atoms with Gasteiger partial charge in [-0.25, -0.2) is 4.98 Å². The molecule has 2 nitrogen and oxygen atoms in total. The number of benzene rings is 1. The zero-order chi connectivity index (χ0) is 11.0. The third-order valence-electron chi connectivity index (χ3n) is 2.38. The van der Waals surface area contributed by atoms with Gasteiger partial charge in [0.1, 0.15) is 5.65 Å². The number of rotatable bonds is 1.